The van der Waals surface area contributed by atoms with E-state index >= 15 is 0 Å². The lowest BCUT2D eigenvalue weighted by Crippen LogP contribution is -2.30. The maximum Gasteiger partial charge on any atom is 0.306 e. The molecule has 1 aliphatic heterocycles. The monoisotopic (exact) mass is 180 g/mol. The first-order valence-electron chi connectivity index (χ1n) is 5.35. The second-order valence-corrected chi connectivity index (χ2v) is 5.31. The molecule has 2 unspecified atom stereocenters. The largest absolute Gasteiger partial charge is 0.465 e. The molecule has 72 valence electrons. The minimum absolute atomic E-state index is 0.0419. The summed E-state index contributed by atoms with van der Waals surface area (Å²) < 4.78 is 5.14. The van der Waals surface area contributed by atoms with Gasteiger partial charge in [0.05, 0.1) is 13.0 Å². The van der Waals surface area contributed by atoms with E-state index in [2.05, 4.69) is 6.92 Å². The van der Waals surface area contributed by atoms with Gasteiger partial charge in [0.15, 0.2) is 0 Å². The zero-order valence-corrected chi connectivity index (χ0v) is 8.08. The second-order valence-electron chi connectivity index (χ2n) is 5.31. The van der Waals surface area contributed by atoms with E-state index in [1.165, 1.54) is 19.3 Å². The number of ether oxygens (including phenoxy) is 1. The molecule has 3 aliphatic rings. The maximum absolute atomic E-state index is 11.1. The molecule has 3 fully saturated rings. The van der Waals surface area contributed by atoms with Gasteiger partial charge in [-0.25, -0.2) is 0 Å². The lowest BCUT2D eigenvalue weighted by Gasteiger charge is -2.33. The standard InChI is InChI=1S/C11H16O2/c1-7-2-9-3-8(7)4-11(9)5-10(12)13-6-11/h7-9H,2-6H2,1H3/t7-,8+,9?,11?/m1/s1. The van der Waals surface area contributed by atoms with Crippen LogP contribution in [0.3, 0.4) is 0 Å². The van der Waals surface area contributed by atoms with Crippen LogP contribution in [0, 0.1) is 23.2 Å². The maximum atomic E-state index is 11.1. The van der Waals surface area contributed by atoms with E-state index in [9.17, 15) is 4.79 Å². The van der Waals surface area contributed by atoms with Crippen LogP contribution in [0.5, 0.6) is 0 Å². The first-order chi connectivity index (χ1) is 6.20. The third kappa shape index (κ3) is 0.918. The van der Waals surface area contributed by atoms with Crippen molar-refractivity contribution in [2.45, 2.75) is 32.6 Å². The zero-order chi connectivity index (χ0) is 9.05. The van der Waals surface area contributed by atoms with Crippen LogP contribution in [0.15, 0.2) is 0 Å². The van der Waals surface area contributed by atoms with Gasteiger partial charge < -0.3 is 4.74 Å². The second kappa shape index (κ2) is 2.28. The van der Waals surface area contributed by atoms with Crippen LogP contribution in [0.25, 0.3) is 0 Å². The molecule has 0 aromatic rings. The Morgan fingerprint density at radius 1 is 1.46 bits per heavy atom. The van der Waals surface area contributed by atoms with Crippen molar-refractivity contribution in [1.29, 1.82) is 0 Å². The lowest BCUT2D eigenvalue weighted by atomic mass is 9.70. The van der Waals surface area contributed by atoms with Gasteiger partial charge in [-0.1, -0.05) is 6.92 Å². The summed E-state index contributed by atoms with van der Waals surface area (Å²) >= 11 is 0. The molecule has 2 aliphatic carbocycles. The fraction of sp³-hybridized carbons (Fsp3) is 0.909. The minimum Gasteiger partial charge on any atom is -0.465 e. The number of rotatable bonds is 0. The van der Waals surface area contributed by atoms with Crippen molar-refractivity contribution in [2.24, 2.45) is 23.2 Å². The Labute approximate surface area is 78.6 Å². The van der Waals surface area contributed by atoms with Crippen LogP contribution in [0.4, 0.5) is 0 Å². The van der Waals surface area contributed by atoms with Crippen molar-refractivity contribution in [2.75, 3.05) is 6.61 Å². The highest BCUT2D eigenvalue weighted by Crippen LogP contribution is 2.61. The fourth-order valence-electron chi connectivity index (χ4n) is 3.82. The van der Waals surface area contributed by atoms with Gasteiger partial charge in [-0.2, -0.15) is 0 Å². The lowest BCUT2D eigenvalue weighted by molar-refractivity contribution is -0.137. The number of carbonyl (C=O) groups excluding carboxylic acids is 1. The zero-order valence-electron chi connectivity index (χ0n) is 8.08. The van der Waals surface area contributed by atoms with E-state index in [-0.39, 0.29) is 11.4 Å². The third-order valence-corrected chi connectivity index (χ3v) is 4.60. The Balaban J connectivity index is 1.85. The predicted octanol–water partition coefficient (Wildman–Crippen LogP) is 1.99. The van der Waals surface area contributed by atoms with E-state index in [4.69, 9.17) is 4.74 Å². The number of carbonyl (C=O) groups is 1. The molecule has 0 aromatic carbocycles. The van der Waals surface area contributed by atoms with Crippen LogP contribution >= 0.6 is 0 Å². The topological polar surface area (TPSA) is 26.3 Å². The SMILES string of the molecule is C[C@@H]1CC2C[C@H]1CC21COC(=O)C1. The third-order valence-electron chi connectivity index (χ3n) is 4.60. The van der Waals surface area contributed by atoms with Gasteiger partial charge in [-0.3, -0.25) is 4.79 Å². The Bertz CT molecular complexity index is 259. The Kier molecular flexibility index (Phi) is 1.38. The first-order valence-corrected chi connectivity index (χ1v) is 5.35. The molecule has 4 atom stereocenters. The van der Waals surface area contributed by atoms with Crippen LogP contribution < -0.4 is 0 Å². The summed E-state index contributed by atoms with van der Waals surface area (Å²) in [5.41, 5.74) is 0.286. The van der Waals surface area contributed by atoms with Crippen LogP contribution in [0.2, 0.25) is 0 Å². The molecular formula is C11H16O2. The van der Waals surface area contributed by atoms with Crippen molar-refractivity contribution in [3.05, 3.63) is 0 Å². The molecule has 0 aromatic heterocycles. The van der Waals surface area contributed by atoms with Crippen molar-refractivity contribution in [3.8, 4) is 0 Å². The summed E-state index contributed by atoms with van der Waals surface area (Å²) in [5.74, 6) is 2.62. The van der Waals surface area contributed by atoms with Crippen LogP contribution in [-0.4, -0.2) is 12.6 Å². The van der Waals surface area contributed by atoms with Crippen molar-refractivity contribution in [1.82, 2.24) is 0 Å². The molecule has 2 bridgehead atoms. The van der Waals surface area contributed by atoms with Crippen molar-refractivity contribution in [3.63, 3.8) is 0 Å². The highest BCUT2D eigenvalue weighted by atomic mass is 16.5. The molecule has 13 heavy (non-hydrogen) atoms. The molecule has 0 N–H and O–H groups in total. The first kappa shape index (κ1) is 7.84. The smallest absolute Gasteiger partial charge is 0.306 e. The fourth-order valence-corrected chi connectivity index (χ4v) is 3.82. The van der Waals surface area contributed by atoms with Gasteiger partial charge in [0.2, 0.25) is 0 Å². The predicted molar refractivity (Wildman–Crippen MR) is 48.0 cm³/mol. The van der Waals surface area contributed by atoms with Gasteiger partial charge in [0.1, 0.15) is 0 Å². The molecule has 2 saturated carbocycles. The van der Waals surface area contributed by atoms with Crippen molar-refractivity contribution >= 4 is 5.97 Å². The number of esters is 1. The number of hydrogen-bond donors (Lipinski definition) is 0. The summed E-state index contributed by atoms with van der Waals surface area (Å²) in [4.78, 5) is 11.1. The summed E-state index contributed by atoms with van der Waals surface area (Å²) in [5, 5.41) is 0. The molecule has 1 spiro atoms. The highest BCUT2D eigenvalue weighted by molar-refractivity contribution is 5.72. The van der Waals surface area contributed by atoms with Crippen molar-refractivity contribution < 1.29 is 9.53 Å². The summed E-state index contributed by atoms with van der Waals surface area (Å²) in [6.45, 7) is 3.08. The number of fused-ring (bicyclic) bond motifs is 3. The normalized spacial score (nSPS) is 53.3. The number of cyclic esters (lactones) is 1. The molecule has 2 nitrogen and oxygen atoms in total. The molecular weight excluding hydrogens is 164 g/mol. The average molecular weight is 180 g/mol. The summed E-state index contributed by atoms with van der Waals surface area (Å²) in [6.07, 6.45) is 4.66. The molecule has 0 radical (unpaired) electrons. The van der Waals surface area contributed by atoms with E-state index in [0.717, 1.165) is 24.4 Å². The Morgan fingerprint density at radius 2 is 2.31 bits per heavy atom. The Morgan fingerprint density at radius 3 is 2.77 bits per heavy atom. The van der Waals surface area contributed by atoms with Crippen LogP contribution in [0.1, 0.15) is 32.6 Å². The van der Waals surface area contributed by atoms with E-state index in [1.807, 2.05) is 0 Å². The van der Waals surface area contributed by atoms with Gasteiger partial charge in [0.25, 0.3) is 0 Å². The van der Waals surface area contributed by atoms with Crippen LogP contribution in [-0.2, 0) is 9.53 Å². The molecule has 1 heterocycles. The molecule has 2 heteroatoms. The van der Waals surface area contributed by atoms with Gasteiger partial charge in [0, 0.05) is 5.41 Å². The number of hydrogen-bond acceptors (Lipinski definition) is 2. The van der Waals surface area contributed by atoms with Gasteiger partial charge >= 0.3 is 5.97 Å². The average Bonchev–Trinajstić information content (AvgIpc) is 2.68. The summed E-state index contributed by atoms with van der Waals surface area (Å²) in [7, 11) is 0. The quantitative estimate of drug-likeness (QED) is 0.533. The molecule has 1 saturated heterocycles. The highest BCUT2D eigenvalue weighted by Gasteiger charge is 2.57. The summed E-state index contributed by atoms with van der Waals surface area (Å²) in [6, 6.07) is 0. The van der Waals surface area contributed by atoms with E-state index < -0.39 is 0 Å². The van der Waals surface area contributed by atoms with E-state index in [1.54, 1.807) is 0 Å². The molecule has 0 amide bonds. The van der Waals surface area contributed by atoms with E-state index in [0.29, 0.717) is 6.42 Å². The minimum atomic E-state index is 0.0419. The molecule has 3 rings (SSSR count). The van der Waals surface area contributed by atoms with Gasteiger partial charge in [-0.05, 0) is 37.0 Å². The Hall–Kier alpha value is -0.530. The van der Waals surface area contributed by atoms with Gasteiger partial charge in [-0.15, -0.1) is 0 Å².